The number of phenols is 1. The molecule has 0 saturated heterocycles. The molecule has 3 rings (SSSR count). The van der Waals surface area contributed by atoms with Crippen molar-refractivity contribution in [1.82, 2.24) is 5.32 Å². The van der Waals surface area contributed by atoms with Crippen molar-refractivity contribution >= 4 is 0 Å². The van der Waals surface area contributed by atoms with Gasteiger partial charge in [0.25, 0.3) is 0 Å². The normalized spacial score (nSPS) is 12.9. The molecule has 1 aromatic carbocycles. The summed E-state index contributed by atoms with van der Waals surface area (Å²) < 4.78 is 15.9. The Bertz CT molecular complexity index is 591. The number of aromatic hydroxyl groups is 1. The van der Waals surface area contributed by atoms with Crippen molar-refractivity contribution in [2.45, 2.75) is 20.0 Å². The van der Waals surface area contributed by atoms with Gasteiger partial charge in [0.1, 0.15) is 17.3 Å². The second-order valence-corrected chi connectivity index (χ2v) is 4.45. The number of nitrogens with one attached hydrogen (secondary N) is 1. The van der Waals surface area contributed by atoms with Crippen LogP contribution in [-0.2, 0) is 13.1 Å². The Kier molecular flexibility index (Phi) is 3.05. The van der Waals surface area contributed by atoms with Crippen molar-refractivity contribution in [2.24, 2.45) is 0 Å². The van der Waals surface area contributed by atoms with E-state index in [-0.39, 0.29) is 12.5 Å². The summed E-state index contributed by atoms with van der Waals surface area (Å²) >= 11 is 0. The van der Waals surface area contributed by atoms with Gasteiger partial charge < -0.3 is 24.3 Å². The van der Waals surface area contributed by atoms with E-state index in [0.717, 1.165) is 17.1 Å². The molecule has 100 valence electrons. The average Bonchev–Trinajstić information content (AvgIpc) is 2.98. The van der Waals surface area contributed by atoms with Gasteiger partial charge >= 0.3 is 0 Å². The summed E-state index contributed by atoms with van der Waals surface area (Å²) in [6.07, 6.45) is 0. The third-order valence-corrected chi connectivity index (χ3v) is 2.98. The summed E-state index contributed by atoms with van der Waals surface area (Å²) in [5.74, 6) is 3.22. The fourth-order valence-corrected chi connectivity index (χ4v) is 2.02. The minimum absolute atomic E-state index is 0.201. The molecule has 1 aromatic heterocycles. The number of benzene rings is 1. The van der Waals surface area contributed by atoms with E-state index in [0.29, 0.717) is 24.6 Å². The van der Waals surface area contributed by atoms with Crippen LogP contribution in [0.15, 0.2) is 28.7 Å². The Balaban J connectivity index is 1.64. The number of hydrogen-bond acceptors (Lipinski definition) is 5. The Hall–Kier alpha value is -2.14. The highest BCUT2D eigenvalue weighted by Crippen LogP contribution is 2.37. The lowest BCUT2D eigenvalue weighted by molar-refractivity contribution is 0.174. The van der Waals surface area contributed by atoms with E-state index in [1.165, 1.54) is 0 Å². The van der Waals surface area contributed by atoms with E-state index < -0.39 is 0 Å². The standard InChI is InChI=1S/C14H15NO4/c1-9-2-3-11(19-9)7-15-6-10-4-13-14(5-12(10)16)18-8-17-13/h2-5,15-16H,6-8H2,1H3. The first-order valence-corrected chi connectivity index (χ1v) is 6.10. The molecule has 0 spiro atoms. The maximum absolute atomic E-state index is 9.88. The Morgan fingerprint density at radius 3 is 2.68 bits per heavy atom. The fourth-order valence-electron chi connectivity index (χ4n) is 2.02. The van der Waals surface area contributed by atoms with E-state index in [1.54, 1.807) is 12.1 Å². The van der Waals surface area contributed by atoms with Crippen LogP contribution in [0, 0.1) is 6.92 Å². The monoisotopic (exact) mass is 261 g/mol. The van der Waals surface area contributed by atoms with Crippen LogP contribution < -0.4 is 14.8 Å². The highest BCUT2D eigenvalue weighted by atomic mass is 16.7. The van der Waals surface area contributed by atoms with E-state index >= 15 is 0 Å². The molecule has 0 bridgehead atoms. The maximum Gasteiger partial charge on any atom is 0.231 e. The highest BCUT2D eigenvalue weighted by Gasteiger charge is 2.16. The molecule has 2 N–H and O–H groups in total. The van der Waals surface area contributed by atoms with Crippen LogP contribution >= 0.6 is 0 Å². The van der Waals surface area contributed by atoms with Crippen LogP contribution in [0.1, 0.15) is 17.1 Å². The van der Waals surface area contributed by atoms with Gasteiger partial charge in [0.05, 0.1) is 6.54 Å². The van der Waals surface area contributed by atoms with Crippen molar-refractivity contribution in [3.63, 3.8) is 0 Å². The first kappa shape index (κ1) is 11.9. The van der Waals surface area contributed by atoms with Crippen LogP contribution in [0.5, 0.6) is 17.2 Å². The van der Waals surface area contributed by atoms with E-state index in [1.807, 2.05) is 19.1 Å². The molecule has 0 unspecified atom stereocenters. The third kappa shape index (κ3) is 2.51. The van der Waals surface area contributed by atoms with Gasteiger partial charge in [-0.05, 0) is 25.1 Å². The van der Waals surface area contributed by atoms with Gasteiger partial charge in [0, 0.05) is 18.2 Å². The molecule has 1 aliphatic rings. The lowest BCUT2D eigenvalue weighted by Gasteiger charge is -2.07. The molecule has 0 atom stereocenters. The molecule has 0 radical (unpaired) electrons. The largest absolute Gasteiger partial charge is 0.507 e. The molecule has 5 nitrogen and oxygen atoms in total. The van der Waals surface area contributed by atoms with Crippen LogP contribution in [-0.4, -0.2) is 11.9 Å². The predicted octanol–water partition coefficient (Wildman–Crippen LogP) is 2.31. The number of hydrogen-bond donors (Lipinski definition) is 2. The first-order valence-electron chi connectivity index (χ1n) is 6.10. The molecule has 2 aromatic rings. The second kappa shape index (κ2) is 4.85. The van der Waals surface area contributed by atoms with Gasteiger partial charge in [-0.2, -0.15) is 0 Å². The fraction of sp³-hybridized carbons (Fsp3) is 0.286. The highest BCUT2D eigenvalue weighted by molar-refractivity contribution is 5.51. The summed E-state index contributed by atoms with van der Waals surface area (Å²) in [7, 11) is 0. The molecular weight excluding hydrogens is 246 g/mol. The average molecular weight is 261 g/mol. The summed E-state index contributed by atoms with van der Waals surface area (Å²) in [5, 5.41) is 13.1. The number of rotatable bonds is 4. The Morgan fingerprint density at radius 1 is 1.16 bits per heavy atom. The number of furan rings is 1. The Morgan fingerprint density at radius 2 is 1.95 bits per heavy atom. The smallest absolute Gasteiger partial charge is 0.231 e. The van der Waals surface area contributed by atoms with Gasteiger partial charge in [-0.25, -0.2) is 0 Å². The van der Waals surface area contributed by atoms with Gasteiger partial charge in [-0.3, -0.25) is 0 Å². The van der Waals surface area contributed by atoms with Gasteiger partial charge in [0.2, 0.25) is 6.79 Å². The first-order chi connectivity index (χ1) is 9.22. The van der Waals surface area contributed by atoms with Crippen molar-refractivity contribution in [2.75, 3.05) is 6.79 Å². The predicted molar refractivity (Wildman–Crippen MR) is 68.2 cm³/mol. The summed E-state index contributed by atoms with van der Waals surface area (Å²) in [6.45, 7) is 3.26. The Labute approximate surface area is 110 Å². The number of aryl methyl sites for hydroxylation is 1. The molecule has 0 fully saturated rings. The van der Waals surface area contributed by atoms with Crippen molar-refractivity contribution in [3.05, 3.63) is 41.3 Å². The third-order valence-electron chi connectivity index (χ3n) is 2.98. The minimum Gasteiger partial charge on any atom is -0.507 e. The van der Waals surface area contributed by atoms with Gasteiger partial charge in [0.15, 0.2) is 11.5 Å². The molecule has 2 heterocycles. The molecule has 19 heavy (non-hydrogen) atoms. The molecule has 0 amide bonds. The van der Waals surface area contributed by atoms with Gasteiger partial charge in [-0.1, -0.05) is 0 Å². The topological polar surface area (TPSA) is 63.9 Å². The quantitative estimate of drug-likeness (QED) is 0.884. The van der Waals surface area contributed by atoms with Crippen LogP contribution in [0.25, 0.3) is 0 Å². The number of ether oxygens (including phenoxy) is 2. The molecule has 0 saturated carbocycles. The zero-order valence-corrected chi connectivity index (χ0v) is 10.6. The summed E-state index contributed by atoms with van der Waals surface area (Å²) in [5.41, 5.74) is 0.771. The molecule has 0 aliphatic carbocycles. The van der Waals surface area contributed by atoms with Crippen LogP contribution in [0.2, 0.25) is 0 Å². The van der Waals surface area contributed by atoms with E-state index in [9.17, 15) is 5.11 Å². The van der Waals surface area contributed by atoms with Crippen LogP contribution in [0.4, 0.5) is 0 Å². The summed E-state index contributed by atoms with van der Waals surface area (Å²) in [4.78, 5) is 0. The SMILES string of the molecule is Cc1ccc(CNCc2cc3c(cc2O)OCO3)o1. The van der Waals surface area contributed by atoms with E-state index in [4.69, 9.17) is 13.9 Å². The zero-order valence-electron chi connectivity index (χ0n) is 10.6. The number of fused-ring (bicyclic) bond motifs is 1. The zero-order chi connectivity index (χ0) is 13.2. The van der Waals surface area contributed by atoms with Crippen molar-refractivity contribution in [3.8, 4) is 17.2 Å². The molecule has 5 heteroatoms. The summed E-state index contributed by atoms with van der Waals surface area (Å²) in [6, 6.07) is 7.23. The lowest BCUT2D eigenvalue weighted by Crippen LogP contribution is -2.12. The lowest BCUT2D eigenvalue weighted by atomic mass is 10.1. The van der Waals surface area contributed by atoms with E-state index in [2.05, 4.69) is 5.32 Å². The van der Waals surface area contributed by atoms with Crippen molar-refractivity contribution < 1.29 is 19.0 Å². The maximum atomic E-state index is 9.88. The number of phenolic OH excluding ortho intramolecular Hbond substituents is 1. The van der Waals surface area contributed by atoms with Crippen LogP contribution in [0.3, 0.4) is 0 Å². The molecule has 1 aliphatic heterocycles. The van der Waals surface area contributed by atoms with Crippen molar-refractivity contribution in [1.29, 1.82) is 0 Å². The minimum atomic E-state index is 0.201. The van der Waals surface area contributed by atoms with Gasteiger partial charge in [-0.15, -0.1) is 0 Å². The molecular formula is C14H15NO4. The second-order valence-electron chi connectivity index (χ2n) is 4.45.